The lowest BCUT2D eigenvalue weighted by Gasteiger charge is -2.28. The van der Waals surface area contributed by atoms with E-state index < -0.39 is 35.3 Å². The highest BCUT2D eigenvalue weighted by Gasteiger charge is 2.59. The fourth-order valence-electron chi connectivity index (χ4n) is 2.31. The first-order valence-corrected chi connectivity index (χ1v) is 5.30. The molecule has 0 amide bonds. The molecule has 0 radical (unpaired) electrons. The molecule has 0 aromatic heterocycles. The number of alkyl halides is 4. The maximum absolute atomic E-state index is 13.0. The van der Waals surface area contributed by atoms with Gasteiger partial charge >= 0.3 is 12.3 Å². The highest BCUT2D eigenvalue weighted by Crippen LogP contribution is 2.45. The minimum absolute atomic E-state index is 0.0150. The number of carbonyl (C=O) groups is 1. The molecule has 1 atom stereocenters. The Balaban J connectivity index is 2.99. The average Bonchev–Trinajstić information content (AvgIpc) is 2.32. The van der Waals surface area contributed by atoms with Crippen LogP contribution < -0.4 is 0 Å². The van der Waals surface area contributed by atoms with E-state index >= 15 is 0 Å². The fourth-order valence-corrected chi connectivity index (χ4v) is 2.31. The van der Waals surface area contributed by atoms with E-state index in [1.807, 2.05) is 0 Å². The number of hydrogen-bond acceptors (Lipinski definition) is 2. The first-order chi connectivity index (χ1) is 7.40. The van der Waals surface area contributed by atoms with E-state index in [1.54, 1.807) is 13.8 Å². The smallest absolute Gasteiger partial charge is 0.364 e. The van der Waals surface area contributed by atoms with Gasteiger partial charge in [0, 0.05) is 0 Å². The quantitative estimate of drug-likeness (QED) is 0.725. The summed E-state index contributed by atoms with van der Waals surface area (Å²) in [5.74, 6) is -7.56. The molecule has 0 bridgehead atoms. The number of halogens is 4. The van der Waals surface area contributed by atoms with Crippen LogP contribution in [0.3, 0.4) is 0 Å². The molecule has 0 saturated carbocycles. The number of hydrogen-bond donors (Lipinski definition) is 0. The Hall–Kier alpha value is -0.650. The predicted octanol–water partition coefficient (Wildman–Crippen LogP) is 3.05. The van der Waals surface area contributed by atoms with Gasteiger partial charge in [0.25, 0.3) is 0 Å². The van der Waals surface area contributed by atoms with Crippen LogP contribution in [0, 0.1) is 5.92 Å². The van der Waals surface area contributed by atoms with E-state index in [0.29, 0.717) is 0 Å². The Labute approximate surface area is 97.3 Å². The van der Waals surface area contributed by atoms with Crippen LogP contribution in [0.2, 0.25) is 0 Å². The van der Waals surface area contributed by atoms with Crippen molar-refractivity contribution in [2.75, 3.05) is 0 Å². The largest absolute Gasteiger partial charge is 0.369 e. The number of ether oxygens (including phenoxy) is 1. The van der Waals surface area contributed by atoms with E-state index in [-0.39, 0.29) is 6.42 Å². The second-order valence-corrected chi connectivity index (χ2v) is 5.51. The summed E-state index contributed by atoms with van der Waals surface area (Å²) in [6.07, 6.45) is -3.96. The highest BCUT2D eigenvalue weighted by atomic mass is 19.3. The van der Waals surface area contributed by atoms with Crippen LogP contribution in [0.5, 0.6) is 0 Å². The van der Waals surface area contributed by atoms with Crippen LogP contribution in [0.1, 0.15) is 34.1 Å². The molecular formula is C11H16F4O2. The van der Waals surface area contributed by atoms with Crippen molar-refractivity contribution in [1.82, 2.24) is 0 Å². The molecule has 17 heavy (non-hydrogen) atoms. The van der Waals surface area contributed by atoms with Gasteiger partial charge in [-0.1, -0.05) is 0 Å². The number of rotatable bonds is 3. The molecule has 0 aliphatic carbocycles. The van der Waals surface area contributed by atoms with Crippen molar-refractivity contribution in [3.8, 4) is 0 Å². The molecule has 0 spiro atoms. The van der Waals surface area contributed by atoms with Crippen LogP contribution >= 0.6 is 0 Å². The molecule has 1 unspecified atom stereocenters. The average molecular weight is 256 g/mol. The molecule has 6 heteroatoms. The molecule has 100 valence electrons. The summed E-state index contributed by atoms with van der Waals surface area (Å²) < 4.78 is 55.8. The van der Waals surface area contributed by atoms with Crippen LogP contribution in [-0.2, 0) is 9.53 Å². The Morgan fingerprint density at radius 2 is 1.76 bits per heavy atom. The third kappa shape index (κ3) is 2.61. The number of carbonyl (C=O) groups excluding carboxylic acids is 1. The SMILES string of the molecule is CC1(C)CC(C(=O)C(F)(F)C(F)F)C(C)(C)O1. The Morgan fingerprint density at radius 1 is 1.29 bits per heavy atom. The van der Waals surface area contributed by atoms with Gasteiger partial charge in [0.15, 0.2) is 0 Å². The molecular weight excluding hydrogens is 240 g/mol. The first kappa shape index (κ1) is 14.4. The first-order valence-electron chi connectivity index (χ1n) is 5.30. The number of Topliss-reactive ketones (excluding diaryl/α,β-unsaturated/α-hetero) is 1. The molecule has 1 rings (SSSR count). The van der Waals surface area contributed by atoms with E-state index in [1.165, 1.54) is 13.8 Å². The molecule has 1 aliphatic heterocycles. The van der Waals surface area contributed by atoms with E-state index in [4.69, 9.17) is 4.74 Å². The number of ketones is 1. The fraction of sp³-hybridized carbons (Fsp3) is 0.909. The van der Waals surface area contributed by atoms with Crippen molar-refractivity contribution in [2.45, 2.75) is 57.7 Å². The van der Waals surface area contributed by atoms with Crippen molar-refractivity contribution in [3.05, 3.63) is 0 Å². The predicted molar refractivity (Wildman–Crippen MR) is 53.3 cm³/mol. The molecule has 1 fully saturated rings. The summed E-state index contributed by atoms with van der Waals surface area (Å²) in [5.41, 5.74) is -1.92. The van der Waals surface area contributed by atoms with Gasteiger partial charge in [0.1, 0.15) is 0 Å². The van der Waals surface area contributed by atoms with E-state index in [0.717, 1.165) is 0 Å². The van der Waals surface area contributed by atoms with Gasteiger partial charge in [0.05, 0.1) is 17.1 Å². The minimum atomic E-state index is -4.61. The third-order valence-electron chi connectivity index (χ3n) is 2.99. The van der Waals surface area contributed by atoms with Gasteiger partial charge in [-0.3, -0.25) is 4.79 Å². The summed E-state index contributed by atoms with van der Waals surface area (Å²) in [6.45, 7) is 6.21. The molecule has 1 heterocycles. The normalized spacial score (nSPS) is 27.5. The van der Waals surface area contributed by atoms with Crippen molar-refractivity contribution >= 4 is 5.78 Å². The lowest BCUT2D eigenvalue weighted by atomic mass is 9.82. The molecule has 0 aromatic rings. The van der Waals surface area contributed by atoms with Gasteiger partial charge in [-0.05, 0) is 34.1 Å². The lowest BCUT2D eigenvalue weighted by molar-refractivity contribution is -0.175. The van der Waals surface area contributed by atoms with Gasteiger partial charge < -0.3 is 4.74 Å². The zero-order chi connectivity index (χ0) is 13.6. The Morgan fingerprint density at radius 3 is 2.06 bits per heavy atom. The standard InChI is InChI=1S/C11H16F4O2/c1-9(2)5-6(10(3,4)17-9)7(16)11(14,15)8(12)13/h6,8H,5H2,1-4H3. The van der Waals surface area contributed by atoms with Gasteiger partial charge in [-0.25, -0.2) is 8.78 Å². The van der Waals surface area contributed by atoms with Crippen LogP contribution in [0.25, 0.3) is 0 Å². The maximum Gasteiger partial charge on any atom is 0.364 e. The zero-order valence-corrected chi connectivity index (χ0v) is 10.2. The van der Waals surface area contributed by atoms with Crippen LogP contribution in [-0.4, -0.2) is 29.3 Å². The minimum Gasteiger partial charge on any atom is -0.369 e. The molecule has 2 nitrogen and oxygen atoms in total. The topological polar surface area (TPSA) is 26.3 Å². The third-order valence-corrected chi connectivity index (χ3v) is 2.99. The monoisotopic (exact) mass is 256 g/mol. The zero-order valence-electron chi connectivity index (χ0n) is 10.2. The van der Waals surface area contributed by atoms with Crippen molar-refractivity contribution in [1.29, 1.82) is 0 Å². The van der Waals surface area contributed by atoms with Crippen molar-refractivity contribution in [2.24, 2.45) is 5.92 Å². The molecule has 0 N–H and O–H groups in total. The second-order valence-electron chi connectivity index (χ2n) is 5.51. The van der Waals surface area contributed by atoms with Gasteiger partial charge in [0.2, 0.25) is 5.78 Å². The molecule has 1 saturated heterocycles. The summed E-state index contributed by atoms with van der Waals surface area (Å²) in [4.78, 5) is 11.5. The second kappa shape index (κ2) is 3.93. The Bertz CT molecular complexity index is 323. The summed E-state index contributed by atoms with van der Waals surface area (Å²) in [5, 5.41) is 0. The van der Waals surface area contributed by atoms with Crippen LogP contribution in [0.15, 0.2) is 0 Å². The Kier molecular flexibility index (Phi) is 3.33. The molecule has 0 aromatic carbocycles. The highest BCUT2D eigenvalue weighted by molar-refractivity contribution is 5.89. The van der Waals surface area contributed by atoms with Gasteiger partial charge in [-0.15, -0.1) is 0 Å². The summed E-state index contributed by atoms with van der Waals surface area (Å²) >= 11 is 0. The van der Waals surface area contributed by atoms with Crippen LogP contribution in [0.4, 0.5) is 17.6 Å². The van der Waals surface area contributed by atoms with Crippen molar-refractivity contribution in [3.63, 3.8) is 0 Å². The van der Waals surface area contributed by atoms with E-state index in [2.05, 4.69) is 0 Å². The lowest BCUT2D eigenvalue weighted by Crippen LogP contribution is -2.46. The summed E-state index contributed by atoms with van der Waals surface area (Å²) in [6, 6.07) is 0. The van der Waals surface area contributed by atoms with E-state index in [9.17, 15) is 22.4 Å². The molecule has 1 aliphatic rings. The van der Waals surface area contributed by atoms with Gasteiger partial charge in [-0.2, -0.15) is 8.78 Å². The summed E-state index contributed by atoms with van der Waals surface area (Å²) in [7, 11) is 0. The maximum atomic E-state index is 13.0. The van der Waals surface area contributed by atoms with Crippen molar-refractivity contribution < 1.29 is 27.1 Å².